The summed E-state index contributed by atoms with van der Waals surface area (Å²) in [5, 5.41) is 0. The zero-order valence-electron chi connectivity index (χ0n) is 16.9. The molecule has 0 aliphatic carbocycles. The van der Waals surface area contributed by atoms with Crippen LogP contribution in [0.25, 0.3) is 33.4 Å². The Hall–Kier alpha value is -2.61. The smallest absolute Gasteiger partial charge is 0.744 e. The SMILES string of the molecule is Cc1c(-c2ccccc2)cc(-c2ccccc2)cc1-c1ccc(S(=O)(=O)[O-])cc1.[Li+]. The molecular formula is C25H19LiO3S. The molecule has 144 valence electrons. The van der Waals surface area contributed by atoms with Crippen molar-refractivity contribution in [1.29, 1.82) is 0 Å². The summed E-state index contributed by atoms with van der Waals surface area (Å²) in [5.41, 5.74) is 7.36. The van der Waals surface area contributed by atoms with Gasteiger partial charge in [-0.25, -0.2) is 8.42 Å². The van der Waals surface area contributed by atoms with E-state index in [0.717, 1.165) is 38.9 Å². The number of benzene rings is 4. The molecule has 0 fully saturated rings. The van der Waals surface area contributed by atoms with E-state index in [4.69, 9.17) is 0 Å². The predicted molar refractivity (Wildman–Crippen MR) is 115 cm³/mol. The van der Waals surface area contributed by atoms with E-state index in [1.165, 1.54) is 12.1 Å². The molecule has 0 amide bonds. The molecular weight excluding hydrogens is 387 g/mol. The van der Waals surface area contributed by atoms with Gasteiger partial charge >= 0.3 is 18.9 Å². The molecule has 0 atom stereocenters. The van der Waals surface area contributed by atoms with Gasteiger partial charge in [0.05, 0.1) is 4.90 Å². The summed E-state index contributed by atoms with van der Waals surface area (Å²) in [6.07, 6.45) is 0. The molecule has 5 heteroatoms. The van der Waals surface area contributed by atoms with Crippen LogP contribution in [0.3, 0.4) is 0 Å². The van der Waals surface area contributed by atoms with Gasteiger partial charge in [-0.15, -0.1) is 0 Å². The minimum absolute atomic E-state index is 0. The van der Waals surface area contributed by atoms with Gasteiger partial charge in [-0.3, -0.25) is 0 Å². The van der Waals surface area contributed by atoms with Crippen LogP contribution in [-0.4, -0.2) is 13.0 Å². The Kier molecular flexibility index (Phi) is 6.65. The summed E-state index contributed by atoms with van der Waals surface area (Å²) in [5.74, 6) is 0. The molecule has 0 bridgehead atoms. The van der Waals surface area contributed by atoms with Crippen molar-refractivity contribution in [1.82, 2.24) is 0 Å². The van der Waals surface area contributed by atoms with Crippen molar-refractivity contribution in [3.8, 4) is 33.4 Å². The zero-order chi connectivity index (χ0) is 20.4. The van der Waals surface area contributed by atoms with Crippen LogP contribution < -0.4 is 18.9 Å². The van der Waals surface area contributed by atoms with E-state index in [2.05, 4.69) is 43.3 Å². The Balaban J connectivity index is 0.00000256. The number of hydrogen-bond acceptors (Lipinski definition) is 3. The Labute approximate surface area is 189 Å². The van der Waals surface area contributed by atoms with Gasteiger partial charge in [-0.05, 0) is 70.1 Å². The van der Waals surface area contributed by atoms with Crippen LogP contribution in [0.15, 0.2) is 102 Å². The average Bonchev–Trinajstić information content (AvgIpc) is 2.75. The molecule has 0 saturated heterocycles. The minimum atomic E-state index is -4.46. The Morgan fingerprint density at radius 2 is 1.03 bits per heavy atom. The van der Waals surface area contributed by atoms with Crippen LogP contribution in [0.1, 0.15) is 5.56 Å². The Morgan fingerprint density at radius 3 is 1.50 bits per heavy atom. The molecule has 4 aromatic rings. The summed E-state index contributed by atoms with van der Waals surface area (Å²) in [6.45, 7) is 2.06. The number of hydrogen-bond donors (Lipinski definition) is 0. The number of rotatable bonds is 4. The first-order valence-corrected chi connectivity index (χ1v) is 10.7. The molecule has 0 unspecified atom stereocenters. The van der Waals surface area contributed by atoms with Gasteiger partial charge in [0.15, 0.2) is 0 Å². The Morgan fingerprint density at radius 1 is 0.600 bits per heavy atom. The summed E-state index contributed by atoms with van der Waals surface area (Å²) in [4.78, 5) is -0.221. The van der Waals surface area contributed by atoms with E-state index in [-0.39, 0.29) is 23.8 Å². The molecule has 30 heavy (non-hydrogen) atoms. The van der Waals surface area contributed by atoms with Crippen molar-refractivity contribution >= 4 is 10.1 Å². The third-order valence-corrected chi connectivity index (χ3v) is 5.90. The molecule has 0 N–H and O–H groups in total. The molecule has 0 aliphatic rings. The van der Waals surface area contributed by atoms with Crippen molar-refractivity contribution in [2.45, 2.75) is 11.8 Å². The molecule has 0 aromatic heterocycles. The standard InChI is InChI=1S/C25H20O3S.Li/c1-18-24(20-10-6-3-7-11-20)16-22(19-8-4-2-5-9-19)17-25(18)21-12-14-23(15-13-21)29(26,27)28;/h2-17H,1H3,(H,26,27,28);/q;+1/p-1. The molecule has 0 heterocycles. The molecule has 0 radical (unpaired) electrons. The van der Waals surface area contributed by atoms with Gasteiger partial charge in [0.2, 0.25) is 0 Å². The maximum atomic E-state index is 11.3. The monoisotopic (exact) mass is 406 g/mol. The topological polar surface area (TPSA) is 57.2 Å². The van der Waals surface area contributed by atoms with Crippen molar-refractivity contribution in [2.75, 3.05) is 0 Å². The van der Waals surface area contributed by atoms with Crippen molar-refractivity contribution in [2.24, 2.45) is 0 Å². The molecule has 3 nitrogen and oxygen atoms in total. The van der Waals surface area contributed by atoms with Gasteiger partial charge in [-0.1, -0.05) is 72.8 Å². The third-order valence-electron chi connectivity index (χ3n) is 5.05. The fourth-order valence-electron chi connectivity index (χ4n) is 3.53. The third kappa shape index (κ3) is 4.58. The normalized spacial score (nSPS) is 11.0. The fourth-order valence-corrected chi connectivity index (χ4v) is 4.00. The largest absolute Gasteiger partial charge is 1.00 e. The Bertz CT molecular complexity index is 1250. The first-order chi connectivity index (χ1) is 13.9. The van der Waals surface area contributed by atoms with Gasteiger partial charge in [-0.2, -0.15) is 0 Å². The van der Waals surface area contributed by atoms with Gasteiger partial charge in [0.25, 0.3) is 0 Å². The zero-order valence-corrected chi connectivity index (χ0v) is 17.7. The molecule has 0 aliphatic heterocycles. The van der Waals surface area contributed by atoms with E-state index in [1.54, 1.807) is 12.1 Å². The maximum Gasteiger partial charge on any atom is 1.00 e. The van der Waals surface area contributed by atoms with Gasteiger partial charge in [0.1, 0.15) is 10.1 Å². The van der Waals surface area contributed by atoms with Crippen molar-refractivity contribution < 1.29 is 31.8 Å². The first-order valence-electron chi connectivity index (χ1n) is 9.25. The van der Waals surface area contributed by atoms with Gasteiger partial charge in [0, 0.05) is 0 Å². The summed E-state index contributed by atoms with van der Waals surface area (Å²) >= 11 is 0. The summed E-state index contributed by atoms with van der Waals surface area (Å²) < 4.78 is 33.8. The van der Waals surface area contributed by atoms with E-state index in [9.17, 15) is 13.0 Å². The maximum absolute atomic E-state index is 11.3. The van der Waals surface area contributed by atoms with Crippen molar-refractivity contribution in [3.63, 3.8) is 0 Å². The predicted octanol–water partition coefficient (Wildman–Crippen LogP) is 2.90. The van der Waals surface area contributed by atoms with Gasteiger partial charge < -0.3 is 4.55 Å². The molecule has 0 spiro atoms. The van der Waals surface area contributed by atoms with E-state index >= 15 is 0 Å². The fraction of sp³-hybridized carbons (Fsp3) is 0.0400. The molecule has 0 saturated carbocycles. The van der Waals surface area contributed by atoms with Crippen LogP contribution in [0.2, 0.25) is 0 Å². The second-order valence-corrected chi connectivity index (χ2v) is 8.29. The van der Waals surface area contributed by atoms with Crippen LogP contribution in [0.4, 0.5) is 0 Å². The first kappa shape index (κ1) is 22.1. The van der Waals surface area contributed by atoms with Crippen LogP contribution >= 0.6 is 0 Å². The van der Waals surface area contributed by atoms with E-state index in [1.807, 2.05) is 36.4 Å². The summed E-state index contributed by atoms with van der Waals surface area (Å²) in [7, 11) is -4.46. The summed E-state index contributed by atoms with van der Waals surface area (Å²) in [6, 6.07) is 30.7. The second-order valence-electron chi connectivity index (χ2n) is 6.91. The van der Waals surface area contributed by atoms with Crippen molar-refractivity contribution in [3.05, 3.63) is 103 Å². The minimum Gasteiger partial charge on any atom is -0.744 e. The quantitative estimate of drug-likeness (QED) is 0.387. The second kappa shape index (κ2) is 9.03. The molecule has 4 rings (SSSR count). The van der Waals surface area contributed by atoms with Crippen LogP contribution in [-0.2, 0) is 10.1 Å². The molecule has 4 aromatic carbocycles. The van der Waals surface area contributed by atoms with Crippen LogP contribution in [0.5, 0.6) is 0 Å². The van der Waals surface area contributed by atoms with E-state index < -0.39 is 10.1 Å². The van der Waals surface area contributed by atoms with E-state index in [0.29, 0.717) is 0 Å². The average molecular weight is 406 g/mol. The van der Waals surface area contributed by atoms with Crippen LogP contribution in [0, 0.1) is 6.92 Å².